The molecule has 95 heavy (non-hydrogen) atoms. The smallest absolute Gasteiger partial charge is 0.224 e. The molecule has 0 aliphatic heterocycles. The van der Waals surface area contributed by atoms with Crippen molar-refractivity contribution in [2.75, 3.05) is 27.8 Å². The molecule has 4 amide bonds. The van der Waals surface area contributed by atoms with Crippen LogP contribution in [0.4, 0.5) is 22.7 Å². The highest BCUT2D eigenvalue weighted by atomic mass is 35.5. The SMILES string of the molecule is CC(=NCC(=N)N)c1cc(NC(=O)CCCCCCC(=O)Nc2cc(/C(C)=N/N=C(N)N)cc(/C(C)=N/N=C(N)N)c2)cc(/C(C)=N/N=C(N)N)c1.CC(=O)c1cc(NC(=O)CCCCCCC(=O)Nc2cc(C(C)=O)cc(C(C)=O)c2)cc(C(C)=O)c1.Cl.Cl.NN=C(N)N. The Morgan fingerprint density at radius 2 is 0.537 bits per heavy atom. The minimum absolute atomic E-state index is 0. The van der Waals surface area contributed by atoms with E-state index in [2.05, 4.69) is 67.8 Å². The van der Waals surface area contributed by atoms with Crippen molar-refractivity contribution in [1.29, 1.82) is 5.41 Å². The van der Waals surface area contributed by atoms with Crippen LogP contribution in [0.25, 0.3) is 0 Å². The van der Waals surface area contributed by atoms with Crippen LogP contribution in [0.15, 0.2) is 113 Å². The molecule has 0 aliphatic rings. The van der Waals surface area contributed by atoms with Crippen LogP contribution in [-0.2, 0) is 19.2 Å². The number of benzene rings is 4. The fourth-order valence-corrected chi connectivity index (χ4v) is 8.06. The van der Waals surface area contributed by atoms with Crippen molar-refractivity contribution in [1.82, 2.24) is 0 Å². The molecule has 0 unspecified atom stereocenters. The van der Waals surface area contributed by atoms with Crippen molar-refractivity contribution in [3.8, 4) is 0 Å². The molecule has 31 nitrogen and oxygen atoms in total. The summed E-state index contributed by atoms with van der Waals surface area (Å²) in [6, 6.07) is 19.9. The lowest BCUT2D eigenvalue weighted by Crippen LogP contribution is -2.23. The van der Waals surface area contributed by atoms with Gasteiger partial charge in [0.15, 0.2) is 23.1 Å². The first-order chi connectivity index (χ1) is 43.8. The second-order valence-electron chi connectivity index (χ2n) is 21.1. The third-order valence-corrected chi connectivity index (χ3v) is 12.9. The fraction of sp³-hybridized carbons (Fsp3) is 0.339. The van der Waals surface area contributed by atoms with Gasteiger partial charge in [0.1, 0.15) is 5.84 Å². The van der Waals surface area contributed by atoms with E-state index >= 15 is 0 Å². The number of guanidine groups is 4. The number of rotatable bonds is 31. The van der Waals surface area contributed by atoms with Crippen molar-refractivity contribution >= 4 is 147 Å². The van der Waals surface area contributed by atoms with E-state index in [0.717, 1.165) is 25.7 Å². The third kappa shape index (κ3) is 34.9. The standard InChI is InChI=1S/C33H49N17O2.C28H32N2O6.CH6N4.2ClH/c1-18(42-17-28(34)35)22-11-23(19(2)45-48-31(36)37)14-26(13-22)43-29(51)9-7-5-6-8-10-30(52)44-27-15-24(20(3)46-49-32(38)39)12-25(16-27)21(4)47-50-33(40)41;1-17(31)21-11-22(18(2)32)14-25(13-21)29-27(35)9-7-5-6-8-10-28(36)30-26-15-23(19(3)33)12-24(16-26)20(4)34;2-1(3)5-4;;/h11-16H,5-10,17H2,1-4H3,(H3,34,35)(H,43,51)(H,44,52)(H4,36,37,48)(H4,38,39,49)(H4,40,41,50);11-16H,5-10H2,1-4H3,(H,29,35)(H,30,36);4H2,(H4,2,3,5);2*1H/b42-18?,45-19+,46-20+,47-21+;;;;. The summed E-state index contributed by atoms with van der Waals surface area (Å²) in [5, 5.41) is 44.8. The van der Waals surface area contributed by atoms with Gasteiger partial charge in [-0.1, -0.05) is 25.7 Å². The highest BCUT2D eigenvalue weighted by Gasteiger charge is 2.15. The second-order valence-corrected chi connectivity index (χ2v) is 21.1. The Morgan fingerprint density at radius 3 is 0.737 bits per heavy atom. The van der Waals surface area contributed by atoms with Crippen LogP contribution in [-0.4, -0.2) is 106 Å². The van der Waals surface area contributed by atoms with Crippen molar-refractivity contribution in [2.45, 2.75) is 132 Å². The number of ketones is 4. The van der Waals surface area contributed by atoms with Crippen LogP contribution < -0.4 is 78.7 Å². The quantitative estimate of drug-likeness (QED) is 0.00714. The Kier molecular flexibility index (Phi) is 38.7. The molecule has 33 heteroatoms. The Balaban J connectivity index is 0.00000179. The Hall–Kier alpha value is -11.0. The number of amidine groups is 1. The first kappa shape index (κ1) is 84.0. The highest BCUT2D eigenvalue weighted by molar-refractivity contribution is 6.09. The van der Waals surface area contributed by atoms with Crippen LogP contribution in [0.2, 0.25) is 0 Å². The molecule has 514 valence electrons. The number of nitrogens with zero attached hydrogens (tertiary/aromatic N) is 8. The summed E-state index contributed by atoms with van der Waals surface area (Å²) in [4.78, 5) is 101. The minimum Gasteiger partial charge on any atom is -0.386 e. The fourth-order valence-electron chi connectivity index (χ4n) is 8.06. The molecule has 0 fully saturated rings. The van der Waals surface area contributed by atoms with Crippen LogP contribution in [0.3, 0.4) is 0 Å². The molecule has 0 saturated heterocycles. The van der Waals surface area contributed by atoms with E-state index in [1.165, 1.54) is 39.8 Å². The number of Topliss-reactive ketones (excluding diaryl/α,β-unsaturated/α-hetero) is 4. The van der Waals surface area contributed by atoms with Crippen LogP contribution in [0.1, 0.15) is 196 Å². The number of carbonyl (C=O) groups is 8. The lowest BCUT2D eigenvalue weighted by atomic mass is 10.0. The zero-order valence-electron chi connectivity index (χ0n) is 54.6. The zero-order chi connectivity index (χ0) is 69.9. The molecule has 0 radical (unpaired) electrons. The molecule has 4 rings (SSSR count). The summed E-state index contributed by atoms with van der Waals surface area (Å²) in [5.41, 5.74) is 55.4. The predicted octanol–water partition coefficient (Wildman–Crippen LogP) is 5.73. The maximum Gasteiger partial charge on any atom is 0.224 e. The van der Waals surface area contributed by atoms with Crippen LogP contribution >= 0.6 is 24.8 Å². The van der Waals surface area contributed by atoms with Gasteiger partial charge in [-0.25, -0.2) is 0 Å². The van der Waals surface area contributed by atoms with E-state index in [9.17, 15) is 38.4 Å². The minimum atomic E-state index is -0.213. The van der Waals surface area contributed by atoms with Gasteiger partial charge in [0.25, 0.3) is 0 Å². The number of hydrazone groups is 1. The summed E-state index contributed by atoms with van der Waals surface area (Å²) in [7, 11) is 0. The number of nitrogens with two attached hydrogens (primary N) is 10. The van der Waals surface area contributed by atoms with Gasteiger partial charge < -0.3 is 78.7 Å². The molecule has 4 aromatic carbocycles. The van der Waals surface area contributed by atoms with Crippen LogP contribution in [0.5, 0.6) is 0 Å². The number of halogens is 2. The number of hydrogen-bond acceptors (Lipinski definition) is 18. The first-order valence-corrected chi connectivity index (χ1v) is 29.1. The van der Waals surface area contributed by atoms with Crippen LogP contribution in [0, 0.1) is 5.41 Å². The van der Waals surface area contributed by atoms with E-state index < -0.39 is 0 Å². The number of aliphatic imine (C=N–C) groups is 1. The zero-order valence-corrected chi connectivity index (χ0v) is 56.2. The molecule has 0 aromatic heterocycles. The van der Waals surface area contributed by atoms with Crippen molar-refractivity contribution in [3.63, 3.8) is 0 Å². The summed E-state index contributed by atoms with van der Waals surface area (Å²) in [5.74, 6) is 2.22. The molecule has 0 spiro atoms. The largest absolute Gasteiger partial charge is 0.386 e. The Morgan fingerprint density at radius 1 is 0.326 bits per heavy atom. The number of anilines is 4. The van der Waals surface area contributed by atoms with E-state index in [1.54, 1.807) is 82.3 Å². The molecule has 4 aromatic rings. The highest BCUT2D eigenvalue weighted by Crippen LogP contribution is 2.23. The van der Waals surface area contributed by atoms with Gasteiger partial charge in [-0.05, 0) is 159 Å². The van der Waals surface area contributed by atoms with E-state index in [4.69, 9.17) is 57.0 Å². The van der Waals surface area contributed by atoms with Gasteiger partial charge in [-0.3, -0.25) is 48.8 Å². The number of hydrogen-bond donors (Lipinski definition) is 15. The Bertz CT molecular complexity index is 3430. The van der Waals surface area contributed by atoms with Gasteiger partial charge in [-0.15, -0.1) is 45.2 Å². The van der Waals surface area contributed by atoms with E-state index in [0.29, 0.717) is 116 Å². The van der Waals surface area contributed by atoms with Crippen molar-refractivity contribution < 1.29 is 38.4 Å². The predicted molar refractivity (Wildman–Crippen MR) is 383 cm³/mol. The molecule has 0 atom stereocenters. The second kappa shape index (κ2) is 43.7. The van der Waals surface area contributed by atoms with Gasteiger partial charge in [0, 0.05) is 93.1 Å². The Labute approximate surface area is 563 Å². The average molecular weight is 1360 g/mol. The summed E-state index contributed by atoms with van der Waals surface area (Å²) in [6.45, 7) is 12.6. The summed E-state index contributed by atoms with van der Waals surface area (Å²) >= 11 is 0. The van der Waals surface area contributed by atoms with Gasteiger partial charge in [-0.2, -0.15) is 15.3 Å². The molecule has 0 aliphatic carbocycles. The topological polar surface area (TPSA) is 568 Å². The monoisotopic (exact) mass is 1350 g/mol. The van der Waals surface area contributed by atoms with Gasteiger partial charge >= 0.3 is 0 Å². The number of carbonyl (C=O) groups excluding carboxylic acids is 8. The van der Waals surface area contributed by atoms with Gasteiger partial charge in [0.2, 0.25) is 47.5 Å². The van der Waals surface area contributed by atoms with Crippen molar-refractivity contribution in [3.05, 3.63) is 117 Å². The molecular formula is C62H89Cl2N23O8. The lowest BCUT2D eigenvalue weighted by Gasteiger charge is -2.12. The number of amides is 4. The molecular weight excluding hydrogens is 1270 g/mol. The maximum atomic E-state index is 12.9. The van der Waals surface area contributed by atoms with E-state index in [-0.39, 0.29) is 133 Å². The first-order valence-electron chi connectivity index (χ1n) is 29.1. The molecule has 25 N–H and O–H groups in total. The third-order valence-electron chi connectivity index (χ3n) is 12.9. The molecule has 0 heterocycles. The lowest BCUT2D eigenvalue weighted by molar-refractivity contribution is -0.117. The maximum absolute atomic E-state index is 12.9. The molecule has 0 bridgehead atoms. The molecule has 0 saturated carbocycles. The summed E-state index contributed by atoms with van der Waals surface area (Å²) in [6.07, 6.45) is 6.59. The van der Waals surface area contributed by atoms with Crippen molar-refractivity contribution in [2.24, 2.45) is 98.1 Å². The van der Waals surface area contributed by atoms with Gasteiger partial charge in [0.05, 0.1) is 23.7 Å². The summed E-state index contributed by atoms with van der Waals surface area (Å²) < 4.78 is 0. The normalized spacial score (nSPS) is 10.9. The van der Waals surface area contributed by atoms with E-state index in [1.807, 2.05) is 6.07 Å². The number of nitrogens with one attached hydrogen (secondary N) is 5. The average Bonchev–Trinajstić information content (AvgIpc) is 0.880. The number of unbranched alkanes of at least 4 members (excludes halogenated alkanes) is 6.